The van der Waals surface area contributed by atoms with Crippen LogP contribution in [0, 0.1) is 5.92 Å². The van der Waals surface area contributed by atoms with Crippen LogP contribution in [0.3, 0.4) is 0 Å². The summed E-state index contributed by atoms with van der Waals surface area (Å²) in [7, 11) is 0. The van der Waals surface area contributed by atoms with Crippen molar-refractivity contribution in [2.24, 2.45) is 5.92 Å². The van der Waals surface area contributed by atoms with Gasteiger partial charge in [-0.2, -0.15) is 0 Å². The highest BCUT2D eigenvalue weighted by atomic mass is 127. The van der Waals surface area contributed by atoms with Crippen molar-refractivity contribution in [3.8, 4) is 0 Å². The molecule has 1 unspecified atom stereocenters. The van der Waals surface area contributed by atoms with E-state index in [1.165, 1.54) is 0 Å². The lowest BCUT2D eigenvalue weighted by Gasteiger charge is -2.31. The molecule has 2 heterocycles. The lowest BCUT2D eigenvalue weighted by atomic mass is 9.96. The summed E-state index contributed by atoms with van der Waals surface area (Å²) in [5.41, 5.74) is -0.190. The molecule has 0 N–H and O–H groups in total. The van der Waals surface area contributed by atoms with Gasteiger partial charge in [-0.3, -0.25) is 7.91 Å². The summed E-state index contributed by atoms with van der Waals surface area (Å²) in [6.45, 7) is 2.71. The second-order valence-electron chi connectivity index (χ2n) is 3.29. The highest BCUT2D eigenvalue weighted by molar-refractivity contribution is 14.1. The molecule has 2 saturated heterocycles. The summed E-state index contributed by atoms with van der Waals surface area (Å²) in [6.07, 6.45) is 1.97. The van der Waals surface area contributed by atoms with Crippen molar-refractivity contribution in [3.63, 3.8) is 0 Å². The Balaban J connectivity index is 2.15. The van der Waals surface area contributed by atoms with E-state index < -0.39 is 0 Å². The number of halogens is 1. The predicted molar refractivity (Wildman–Crippen MR) is 47.9 cm³/mol. The number of piperidine rings is 1. The molecule has 0 saturated carbocycles. The minimum Gasteiger partial charge on any atom is -0.347 e. The molecule has 0 bridgehead atoms. The summed E-state index contributed by atoms with van der Waals surface area (Å²) in [6, 6.07) is 0. The van der Waals surface area contributed by atoms with Gasteiger partial charge in [0.25, 0.3) is 0 Å². The highest BCUT2D eigenvalue weighted by Gasteiger charge is 2.55. The van der Waals surface area contributed by atoms with Crippen LogP contribution < -0.4 is 0 Å². The molecule has 3 nitrogen and oxygen atoms in total. The van der Waals surface area contributed by atoms with Crippen LogP contribution >= 0.6 is 22.9 Å². The fourth-order valence-electron chi connectivity index (χ4n) is 1.40. The van der Waals surface area contributed by atoms with Crippen LogP contribution in [0.1, 0.15) is 19.8 Å². The Hall–Kier alpha value is 0.160. The van der Waals surface area contributed by atoms with Crippen LogP contribution in [0.4, 0.5) is 0 Å². The third-order valence-electron chi connectivity index (χ3n) is 2.42. The Morgan fingerprint density at radius 3 is 3.00 bits per heavy atom. The van der Waals surface area contributed by atoms with Gasteiger partial charge >= 0.3 is 0 Å². The highest BCUT2D eigenvalue weighted by Crippen LogP contribution is 2.44. The molecule has 0 aliphatic carbocycles. The fraction of sp³-hybridized carbons (Fsp3) is 0.857. The molecule has 2 aliphatic heterocycles. The molecular formula is C7H10INO2. The van der Waals surface area contributed by atoms with Gasteiger partial charge in [0.15, 0.2) is 5.72 Å². The first-order valence-electron chi connectivity index (χ1n) is 3.79. The van der Waals surface area contributed by atoms with Gasteiger partial charge in [-0.1, -0.05) is 6.92 Å². The second kappa shape index (κ2) is 2.32. The van der Waals surface area contributed by atoms with E-state index in [0.29, 0.717) is 0 Å². The average Bonchev–Trinajstić information content (AvgIpc) is 2.76. The number of hydrogen-bond acceptors (Lipinski definition) is 2. The monoisotopic (exact) mass is 267 g/mol. The van der Waals surface area contributed by atoms with Crippen molar-refractivity contribution in [2.75, 3.05) is 6.61 Å². The number of ether oxygens (including phenoxy) is 1. The third-order valence-corrected chi connectivity index (χ3v) is 3.77. The number of nitrogens with zero attached hydrogens (tertiary/aromatic N) is 1. The minimum absolute atomic E-state index is 0.182. The Morgan fingerprint density at radius 1 is 1.82 bits per heavy atom. The van der Waals surface area contributed by atoms with Crippen molar-refractivity contribution >= 4 is 28.8 Å². The summed E-state index contributed by atoms with van der Waals surface area (Å²) in [4.78, 5) is 11.4. The zero-order valence-electron chi connectivity index (χ0n) is 6.34. The minimum atomic E-state index is -0.190. The molecule has 2 rings (SSSR count). The maximum Gasteiger partial charge on any atom is 0.236 e. The largest absolute Gasteiger partial charge is 0.347 e. The molecule has 11 heavy (non-hydrogen) atoms. The zero-order valence-corrected chi connectivity index (χ0v) is 8.50. The third kappa shape index (κ3) is 1.07. The predicted octanol–water partition coefficient (Wildman–Crippen LogP) is 1.32. The Morgan fingerprint density at radius 2 is 2.45 bits per heavy atom. The summed E-state index contributed by atoms with van der Waals surface area (Å²) < 4.78 is 7.00. The molecule has 1 amide bonds. The molecule has 0 aromatic carbocycles. The smallest absolute Gasteiger partial charge is 0.236 e. The van der Waals surface area contributed by atoms with Crippen LogP contribution in [0.25, 0.3) is 0 Å². The standard InChI is InChI=1S/C7H10INO2/c1-5-2-3-7(4-11-7)9(8)6(5)10/h5H,2-4H2,1H3/t5-,7?/m1/s1. The SMILES string of the molecule is C[C@@H]1CCC2(CO2)N(I)C1=O. The van der Waals surface area contributed by atoms with E-state index >= 15 is 0 Å². The molecule has 0 radical (unpaired) electrons. The molecule has 2 fully saturated rings. The van der Waals surface area contributed by atoms with Crippen molar-refractivity contribution < 1.29 is 9.53 Å². The van der Waals surface area contributed by atoms with Crippen LogP contribution in [0.5, 0.6) is 0 Å². The number of rotatable bonds is 0. The van der Waals surface area contributed by atoms with E-state index in [-0.39, 0.29) is 17.6 Å². The Labute approximate surface area is 79.6 Å². The maximum absolute atomic E-state index is 11.4. The van der Waals surface area contributed by atoms with Crippen LogP contribution in [-0.2, 0) is 9.53 Å². The van der Waals surface area contributed by atoms with Crippen molar-refractivity contribution in [1.82, 2.24) is 3.11 Å². The van der Waals surface area contributed by atoms with E-state index in [2.05, 4.69) is 22.9 Å². The van der Waals surface area contributed by atoms with Gasteiger partial charge in [-0.25, -0.2) is 0 Å². The first-order chi connectivity index (χ1) is 5.16. The van der Waals surface area contributed by atoms with E-state index in [1.54, 1.807) is 3.11 Å². The number of carbonyl (C=O) groups is 1. The van der Waals surface area contributed by atoms with Crippen molar-refractivity contribution in [3.05, 3.63) is 0 Å². The van der Waals surface area contributed by atoms with Crippen LogP contribution in [0.2, 0.25) is 0 Å². The number of carbonyl (C=O) groups excluding carboxylic acids is 1. The average molecular weight is 267 g/mol. The lowest BCUT2D eigenvalue weighted by Crippen LogP contribution is -2.43. The van der Waals surface area contributed by atoms with E-state index in [4.69, 9.17) is 4.74 Å². The first-order valence-corrected chi connectivity index (χ1v) is 4.76. The zero-order chi connectivity index (χ0) is 8.06. The van der Waals surface area contributed by atoms with Gasteiger partial charge < -0.3 is 4.74 Å². The van der Waals surface area contributed by atoms with Crippen molar-refractivity contribution in [1.29, 1.82) is 0 Å². The topological polar surface area (TPSA) is 32.8 Å². The molecule has 1 spiro atoms. The Kier molecular flexibility index (Phi) is 1.64. The first kappa shape index (κ1) is 7.79. The van der Waals surface area contributed by atoms with Crippen molar-refractivity contribution in [2.45, 2.75) is 25.5 Å². The molecular weight excluding hydrogens is 257 g/mol. The van der Waals surface area contributed by atoms with Gasteiger partial charge in [-0.05, 0) is 12.8 Å². The second-order valence-corrected chi connectivity index (χ2v) is 4.26. The summed E-state index contributed by atoms with van der Waals surface area (Å²) in [5.74, 6) is 0.399. The molecule has 4 heteroatoms. The molecule has 0 aromatic rings. The maximum atomic E-state index is 11.4. The number of amides is 1. The van der Waals surface area contributed by atoms with Gasteiger partial charge in [0.05, 0.1) is 29.5 Å². The van der Waals surface area contributed by atoms with E-state index in [9.17, 15) is 4.79 Å². The van der Waals surface area contributed by atoms with Gasteiger partial charge in [-0.15, -0.1) is 0 Å². The summed E-state index contributed by atoms with van der Waals surface area (Å²) in [5, 5.41) is 0. The molecule has 2 atom stereocenters. The summed E-state index contributed by atoms with van der Waals surface area (Å²) >= 11 is 2.06. The molecule has 62 valence electrons. The van der Waals surface area contributed by atoms with Crippen LogP contribution in [-0.4, -0.2) is 21.4 Å². The van der Waals surface area contributed by atoms with Crippen LogP contribution in [0.15, 0.2) is 0 Å². The molecule has 0 aromatic heterocycles. The van der Waals surface area contributed by atoms with Gasteiger partial charge in [0.1, 0.15) is 0 Å². The Bertz CT molecular complexity index is 203. The fourth-order valence-corrected chi connectivity index (χ4v) is 2.39. The number of epoxide rings is 1. The normalized spacial score (nSPS) is 43.3. The van der Waals surface area contributed by atoms with E-state index in [1.807, 2.05) is 6.92 Å². The van der Waals surface area contributed by atoms with E-state index in [0.717, 1.165) is 19.4 Å². The quantitative estimate of drug-likeness (QED) is 0.377. The van der Waals surface area contributed by atoms with Gasteiger partial charge in [0.2, 0.25) is 5.91 Å². The van der Waals surface area contributed by atoms with Gasteiger partial charge in [0, 0.05) is 5.92 Å². The number of hydrogen-bond donors (Lipinski definition) is 0. The lowest BCUT2D eigenvalue weighted by molar-refractivity contribution is -0.135. The molecule has 2 aliphatic rings.